The van der Waals surface area contributed by atoms with Crippen molar-refractivity contribution in [2.45, 2.75) is 0 Å². The number of halogens is 2. The van der Waals surface area contributed by atoms with Crippen LogP contribution < -0.4 is 34.0 Å². The maximum Gasteiger partial charge on any atom is 2.00 e. The van der Waals surface area contributed by atoms with Gasteiger partial charge >= 0.3 is 45.5 Å². The number of rotatable bonds is 0. The van der Waals surface area contributed by atoms with Crippen molar-refractivity contribution in [1.82, 2.24) is 0 Å². The van der Waals surface area contributed by atoms with Gasteiger partial charge in [-0.25, -0.2) is 0 Å². The summed E-state index contributed by atoms with van der Waals surface area (Å²) >= 11 is 0. The predicted molar refractivity (Wildman–Crippen MR) is 13.0 cm³/mol. The third-order valence-electron chi connectivity index (χ3n) is 0. The van der Waals surface area contributed by atoms with Gasteiger partial charge in [0.2, 0.25) is 0 Å². The maximum atomic E-state index is 0. The van der Waals surface area contributed by atoms with Gasteiger partial charge in [-0.05, 0) is 0 Å². The molecule has 32 valence electrons. The van der Waals surface area contributed by atoms with Crippen LogP contribution in [0.3, 0.4) is 0 Å². The fourth-order valence-corrected chi connectivity index (χ4v) is 0. The molecule has 0 fully saturated rings. The first-order valence-electron chi connectivity index (χ1n) is 0. The van der Waals surface area contributed by atoms with Gasteiger partial charge in [0, 0.05) is 0 Å². The Labute approximate surface area is 88.7 Å². The Bertz CT molecular complexity index is 7.61. The van der Waals surface area contributed by atoms with Crippen LogP contribution in [0.25, 0.3) is 0 Å². The monoisotopic (exact) mass is 282 g/mol. The molecule has 0 radical (unpaired) electrons. The summed E-state index contributed by atoms with van der Waals surface area (Å²) in [6, 6.07) is 0. The van der Waals surface area contributed by atoms with E-state index in [4.69, 9.17) is 0 Å². The second kappa shape index (κ2) is 32.8. The van der Waals surface area contributed by atoms with Gasteiger partial charge in [0.15, 0.2) is 0 Å². The van der Waals surface area contributed by atoms with E-state index in [1.165, 1.54) is 0 Å². The summed E-state index contributed by atoms with van der Waals surface area (Å²) in [4.78, 5) is 0. The molecule has 0 aliphatic heterocycles. The summed E-state index contributed by atoms with van der Waals surface area (Å²) in [5.74, 6) is 0. The van der Waals surface area contributed by atoms with Crippen LogP contribution in [-0.2, 0) is 0 Å². The van der Waals surface area contributed by atoms with Crippen molar-refractivity contribution in [2.24, 2.45) is 0 Å². The molecular formula is H4Br2O2Sr. The van der Waals surface area contributed by atoms with Gasteiger partial charge in [-0.3, -0.25) is 0 Å². The average Bonchev–Trinajstić information content (AvgIpc) is 0. The third kappa shape index (κ3) is 21.7. The average molecular weight is 283 g/mol. The number of hydrogen-bond donors (Lipinski definition) is 0. The Kier molecular flexibility index (Phi) is 351. The summed E-state index contributed by atoms with van der Waals surface area (Å²) in [7, 11) is 0. The topological polar surface area (TPSA) is 63.0 Å². The molecule has 0 aliphatic carbocycles. The van der Waals surface area contributed by atoms with E-state index in [0.29, 0.717) is 0 Å². The standard InChI is InChI=1S/2BrH.2H2O.Sr/h2*1H;2*1H2;/q;;;;+2/p-2. The molecule has 0 unspecified atom stereocenters. The largest absolute Gasteiger partial charge is 2.00 e. The second-order valence-corrected chi connectivity index (χ2v) is 0. The van der Waals surface area contributed by atoms with Crippen molar-refractivity contribution < 1.29 is 44.9 Å². The molecule has 2 nitrogen and oxygen atoms in total. The minimum Gasteiger partial charge on any atom is -1.00 e. The number of hydrogen-bond acceptors (Lipinski definition) is 0. The van der Waals surface area contributed by atoms with E-state index in [1.807, 2.05) is 0 Å². The van der Waals surface area contributed by atoms with Crippen molar-refractivity contribution in [3.05, 3.63) is 0 Å². The molecule has 4 N–H and O–H groups in total. The van der Waals surface area contributed by atoms with Crippen LogP contribution in [-0.4, -0.2) is 56.4 Å². The van der Waals surface area contributed by atoms with E-state index in [9.17, 15) is 0 Å². The van der Waals surface area contributed by atoms with Crippen LogP contribution in [0.5, 0.6) is 0 Å². The van der Waals surface area contributed by atoms with Crippen LogP contribution in [0.1, 0.15) is 0 Å². The normalized spacial score (nSPS) is 0. The Morgan fingerprint density at radius 1 is 0.600 bits per heavy atom. The predicted octanol–water partition coefficient (Wildman–Crippen LogP) is -8.02. The fraction of sp³-hybridized carbons (Fsp3) is 0. The second-order valence-electron chi connectivity index (χ2n) is 0. The third-order valence-corrected chi connectivity index (χ3v) is 0. The zero-order chi connectivity index (χ0) is 0. The van der Waals surface area contributed by atoms with E-state index in [0.717, 1.165) is 0 Å². The first-order valence-corrected chi connectivity index (χ1v) is 0. The Morgan fingerprint density at radius 3 is 0.600 bits per heavy atom. The molecule has 0 atom stereocenters. The summed E-state index contributed by atoms with van der Waals surface area (Å²) in [5, 5.41) is 0. The van der Waals surface area contributed by atoms with Crippen LogP contribution in [0.4, 0.5) is 0 Å². The molecule has 0 saturated heterocycles. The van der Waals surface area contributed by atoms with Gasteiger partial charge in [0.05, 0.1) is 0 Å². The van der Waals surface area contributed by atoms with Crippen molar-refractivity contribution in [3.8, 4) is 0 Å². The minimum absolute atomic E-state index is 0. The molecule has 5 heteroatoms. The van der Waals surface area contributed by atoms with E-state index >= 15 is 0 Å². The fourth-order valence-electron chi connectivity index (χ4n) is 0. The van der Waals surface area contributed by atoms with Crippen LogP contribution in [0.2, 0.25) is 0 Å². The Morgan fingerprint density at radius 2 is 0.600 bits per heavy atom. The van der Waals surface area contributed by atoms with Crippen LogP contribution in [0.15, 0.2) is 0 Å². The molecule has 0 bridgehead atoms. The quantitative estimate of drug-likeness (QED) is 0.397. The summed E-state index contributed by atoms with van der Waals surface area (Å²) in [6.45, 7) is 0. The maximum absolute atomic E-state index is 0. The molecule has 0 saturated carbocycles. The Balaban J connectivity index is 0. The molecule has 0 spiro atoms. The van der Waals surface area contributed by atoms with Gasteiger partial charge in [-0.2, -0.15) is 0 Å². The van der Waals surface area contributed by atoms with Gasteiger partial charge in [-0.1, -0.05) is 0 Å². The van der Waals surface area contributed by atoms with Crippen molar-refractivity contribution in [1.29, 1.82) is 0 Å². The van der Waals surface area contributed by atoms with Crippen molar-refractivity contribution >= 4 is 45.5 Å². The molecule has 0 amide bonds. The van der Waals surface area contributed by atoms with Crippen LogP contribution in [0, 0.1) is 0 Å². The van der Waals surface area contributed by atoms with Crippen LogP contribution >= 0.6 is 0 Å². The zero-order valence-electron chi connectivity index (χ0n) is 2.46. The van der Waals surface area contributed by atoms with Gasteiger partial charge in [0.1, 0.15) is 0 Å². The molecule has 5 heavy (non-hydrogen) atoms. The van der Waals surface area contributed by atoms with Gasteiger partial charge in [-0.15, -0.1) is 0 Å². The summed E-state index contributed by atoms with van der Waals surface area (Å²) in [5.41, 5.74) is 0. The van der Waals surface area contributed by atoms with E-state index in [2.05, 4.69) is 0 Å². The van der Waals surface area contributed by atoms with E-state index in [-0.39, 0.29) is 90.4 Å². The molecule has 0 aromatic rings. The van der Waals surface area contributed by atoms with Crippen molar-refractivity contribution in [2.75, 3.05) is 0 Å². The molecule has 0 aromatic carbocycles. The molecule has 0 aliphatic rings. The first-order chi connectivity index (χ1) is 0. The van der Waals surface area contributed by atoms with Crippen molar-refractivity contribution in [3.63, 3.8) is 0 Å². The molecular weight excluding hydrogens is 279 g/mol. The van der Waals surface area contributed by atoms with E-state index < -0.39 is 0 Å². The summed E-state index contributed by atoms with van der Waals surface area (Å²) in [6.07, 6.45) is 0. The first kappa shape index (κ1) is 53.4. The minimum atomic E-state index is 0. The zero-order valence-corrected chi connectivity index (χ0v) is 9.11. The van der Waals surface area contributed by atoms with E-state index in [1.54, 1.807) is 0 Å². The molecule has 0 heterocycles. The SMILES string of the molecule is O.O.[Br-].[Br-].[Sr+2]. The van der Waals surface area contributed by atoms with Gasteiger partial charge in [0.25, 0.3) is 0 Å². The smallest absolute Gasteiger partial charge is 1.00 e. The van der Waals surface area contributed by atoms with Gasteiger partial charge < -0.3 is 44.9 Å². The molecule has 0 aromatic heterocycles. The molecule has 0 rings (SSSR count). The Hall–Kier alpha value is 2.36. The summed E-state index contributed by atoms with van der Waals surface area (Å²) < 4.78 is 0.